The third-order valence-corrected chi connectivity index (χ3v) is 5.73. The minimum Gasteiger partial charge on any atom is -0.507 e. The third kappa shape index (κ3) is 4.73. The van der Waals surface area contributed by atoms with Crippen LogP contribution in [0.25, 0.3) is 5.76 Å². The first-order valence-electron chi connectivity index (χ1n) is 10.9. The van der Waals surface area contributed by atoms with Crippen LogP contribution in [0.5, 0.6) is 11.5 Å². The number of nitrogens with zero attached hydrogens (tertiary/aromatic N) is 1. The smallest absolute Gasteiger partial charge is 0.295 e. The van der Waals surface area contributed by atoms with E-state index < -0.39 is 35.1 Å². The van der Waals surface area contributed by atoms with Crippen LogP contribution in [0.3, 0.4) is 0 Å². The molecular formula is C27H23F2NO5. The zero-order valence-electron chi connectivity index (χ0n) is 19.1. The molecule has 35 heavy (non-hydrogen) atoms. The molecule has 0 aliphatic carbocycles. The van der Waals surface area contributed by atoms with Crippen molar-refractivity contribution < 1.29 is 33.0 Å². The lowest BCUT2D eigenvalue weighted by Crippen LogP contribution is -2.29. The number of halogens is 2. The highest BCUT2D eigenvalue weighted by atomic mass is 19.1. The molecule has 1 heterocycles. The number of aliphatic hydroxyl groups excluding tert-OH is 1. The summed E-state index contributed by atoms with van der Waals surface area (Å²) in [7, 11) is 1.49. The van der Waals surface area contributed by atoms with Gasteiger partial charge in [-0.1, -0.05) is 18.2 Å². The van der Waals surface area contributed by atoms with Crippen LogP contribution in [0.2, 0.25) is 0 Å². The molecule has 6 nitrogen and oxygen atoms in total. The summed E-state index contributed by atoms with van der Waals surface area (Å²) in [6.45, 7) is 2.15. The monoisotopic (exact) mass is 479 g/mol. The number of carbonyl (C=O) groups excluding carboxylic acids is 2. The molecule has 1 saturated heterocycles. The summed E-state index contributed by atoms with van der Waals surface area (Å²) in [6.07, 6.45) is 0. The number of methoxy groups -OCH3 is 1. The topological polar surface area (TPSA) is 76.1 Å². The summed E-state index contributed by atoms with van der Waals surface area (Å²) in [5.41, 5.74) is 1.14. The minimum absolute atomic E-state index is 0.00822. The summed E-state index contributed by atoms with van der Waals surface area (Å²) in [6, 6.07) is 14.5. The number of Topliss-reactive ketones (excluding diaryl/α,β-unsaturated/α-hetero) is 1. The predicted octanol–water partition coefficient (Wildman–Crippen LogP) is 4.99. The van der Waals surface area contributed by atoms with Crippen LogP contribution < -0.4 is 9.47 Å². The van der Waals surface area contributed by atoms with E-state index in [2.05, 4.69) is 0 Å². The number of benzene rings is 3. The van der Waals surface area contributed by atoms with E-state index in [1.807, 2.05) is 0 Å². The lowest BCUT2D eigenvalue weighted by Gasteiger charge is -2.26. The molecule has 1 fully saturated rings. The fraction of sp³-hybridized carbons (Fsp3) is 0.185. The number of amides is 1. The zero-order valence-corrected chi connectivity index (χ0v) is 19.1. The summed E-state index contributed by atoms with van der Waals surface area (Å²) < 4.78 is 37.9. The third-order valence-electron chi connectivity index (χ3n) is 5.73. The minimum atomic E-state index is -0.977. The van der Waals surface area contributed by atoms with Crippen LogP contribution >= 0.6 is 0 Å². The van der Waals surface area contributed by atoms with Crippen LogP contribution in [0.15, 0.2) is 72.3 Å². The number of ketones is 1. The molecule has 1 unspecified atom stereocenters. The molecule has 4 rings (SSSR count). The van der Waals surface area contributed by atoms with Crippen molar-refractivity contribution in [2.45, 2.75) is 19.5 Å². The molecule has 1 aliphatic rings. The van der Waals surface area contributed by atoms with Crippen molar-refractivity contribution in [3.05, 3.63) is 101 Å². The van der Waals surface area contributed by atoms with Crippen LogP contribution in [0, 0.1) is 11.6 Å². The van der Waals surface area contributed by atoms with Gasteiger partial charge < -0.3 is 19.5 Å². The molecular weight excluding hydrogens is 456 g/mol. The van der Waals surface area contributed by atoms with Gasteiger partial charge in [0.15, 0.2) is 11.5 Å². The van der Waals surface area contributed by atoms with E-state index in [1.54, 1.807) is 25.1 Å². The number of likely N-dealkylation sites (tertiary alicyclic amines) is 1. The molecule has 0 spiro atoms. The number of ether oxygens (including phenoxy) is 2. The number of hydrogen-bond acceptors (Lipinski definition) is 5. The highest BCUT2D eigenvalue weighted by Gasteiger charge is 2.46. The Bertz CT molecular complexity index is 1290. The Labute approximate surface area is 201 Å². The molecule has 0 saturated carbocycles. The second kappa shape index (κ2) is 9.97. The lowest BCUT2D eigenvalue weighted by molar-refractivity contribution is -0.140. The number of hydrogen-bond donors (Lipinski definition) is 1. The Morgan fingerprint density at radius 2 is 1.57 bits per heavy atom. The first-order chi connectivity index (χ1) is 16.8. The first-order valence-corrected chi connectivity index (χ1v) is 10.9. The molecule has 0 radical (unpaired) electrons. The van der Waals surface area contributed by atoms with E-state index in [1.165, 1.54) is 48.4 Å². The van der Waals surface area contributed by atoms with Crippen LogP contribution in [-0.2, 0) is 16.1 Å². The quantitative estimate of drug-likeness (QED) is 0.293. The maximum atomic E-state index is 13.4. The Morgan fingerprint density at radius 1 is 0.943 bits per heavy atom. The van der Waals surface area contributed by atoms with Crippen molar-refractivity contribution in [1.82, 2.24) is 4.90 Å². The molecule has 1 atom stereocenters. The SMILES string of the molecule is CCOc1cc(C2/C(=C(/O)c3ccc(F)cc3)C(=O)C(=O)N2Cc2ccc(F)cc2)ccc1OC. The van der Waals surface area contributed by atoms with E-state index in [4.69, 9.17) is 9.47 Å². The lowest BCUT2D eigenvalue weighted by atomic mass is 9.94. The van der Waals surface area contributed by atoms with E-state index in [0.29, 0.717) is 29.2 Å². The Kier molecular flexibility index (Phi) is 6.82. The van der Waals surface area contributed by atoms with Gasteiger partial charge in [0.05, 0.1) is 25.3 Å². The van der Waals surface area contributed by atoms with Crippen LogP contribution in [0.1, 0.15) is 29.7 Å². The van der Waals surface area contributed by atoms with Gasteiger partial charge in [-0.25, -0.2) is 8.78 Å². The highest BCUT2D eigenvalue weighted by Crippen LogP contribution is 2.42. The maximum absolute atomic E-state index is 13.4. The van der Waals surface area contributed by atoms with E-state index in [9.17, 15) is 23.5 Å². The molecule has 1 aliphatic heterocycles. The van der Waals surface area contributed by atoms with Gasteiger partial charge in [0.1, 0.15) is 17.4 Å². The molecule has 0 bridgehead atoms. The maximum Gasteiger partial charge on any atom is 0.295 e. The summed E-state index contributed by atoms with van der Waals surface area (Å²) >= 11 is 0. The van der Waals surface area contributed by atoms with E-state index in [0.717, 1.165) is 12.1 Å². The Balaban J connectivity index is 1.88. The van der Waals surface area contributed by atoms with Crippen molar-refractivity contribution >= 4 is 17.4 Å². The largest absolute Gasteiger partial charge is 0.507 e. The summed E-state index contributed by atoms with van der Waals surface area (Å²) in [5, 5.41) is 11.1. The van der Waals surface area contributed by atoms with Gasteiger partial charge in [0.2, 0.25) is 0 Å². The highest BCUT2D eigenvalue weighted by molar-refractivity contribution is 6.46. The fourth-order valence-corrected chi connectivity index (χ4v) is 4.07. The van der Waals surface area contributed by atoms with Gasteiger partial charge in [-0.15, -0.1) is 0 Å². The second-order valence-electron chi connectivity index (χ2n) is 7.90. The van der Waals surface area contributed by atoms with Crippen molar-refractivity contribution in [2.75, 3.05) is 13.7 Å². The van der Waals surface area contributed by atoms with Crippen molar-refractivity contribution in [2.24, 2.45) is 0 Å². The van der Waals surface area contributed by atoms with Gasteiger partial charge in [-0.05, 0) is 66.6 Å². The molecule has 1 amide bonds. The average Bonchev–Trinajstić information content (AvgIpc) is 3.10. The molecule has 3 aromatic rings. The molecule has 180 valence electrons. The Hall–Kier alpha value is -4.20. The second-order valence-corrected chi connectivity index (χ2v) is 7.90. The zero-order chi connectivity index (χ0) is 25.1. The van der Waals surface area contributed by atoms with E-state index in [-0.39, 0.29) is 17.7 Å². The standard InChI is InChI=1S/C27H23F2NO5/c1-3-35-22-14-18(8-13-21(22)34-2)24-23(25(31)17-6-11-20(29)12-7-17)26(32)27(33)30(24)15-16-4-9-19(28)10-5-16/h4-14,24,31H,3,15H2,1-2H3/b25-23-. The van der Waals surface area contributed by atoms with Gasteiger partial charge in [0.25, 0.3) is 11.7 Å². The first kappa shape index (κ1) is 23.9. The van der Waals surface area contributed by atoms with Crippen LogP contribution in [0.4, 0.5) is 8.78 Å². The van der Waals surface area contributed by atoms with Crippen molar-refractivity contribution in [3.8, 4) is 11.5 Å². The average molecular weight is 479 g/mol. The molecule has 3 aromatic carbocycles. The van der Waals surface area contributed by atoms with E-state index >= 15 is 0 Å². The normalized spacial score (nSPS) is 17.0. The van der Waals surface area contributed by atoms with Gasteiger partial charge in [-0.2, -0.15) is 0 Å². The van der Waals surface area contributed by atoms with Crippen LogP contribution in [-0.4, -0.2) is 35.4 Å². The van der Waals surface area contributed by atoms with Gasteiger partial charge >= 0.3 is 0 Å². The number of aliphatic hydroxyl groups is 1. The fourth-order valence-electron chi connectivity index (χ4n) is 4.07. The number of rotatable bonds is 7. The molecule has 1 N–H and O–H groups in total. The number of carbonyl (C=O) groups is 2. The summed E-state index contributed by atoms with van der Waals surface area (Å²) in [5.74, 6) is -2.20. The summed E-state index contributed by atoms with van der Waals surface area (Å²) in [4.78, 5) is 27.6. The van der Waals surface area contributed by atoms with Gasteiger partial charge in [0, 0.05) is 12.1 Å². The molecule has 0 aromatic heterocycles. The van der Waals surface area contributed by atoms with Crippen molar-refractivity contribution in [1.29, 1.82) is 0 Å². The van der Waals surface area contributed by atoms with Crippen molar-refractivity contribution in [3.63, 3.8) is 0 Å². The predicted molar refractivity (Wildman–Crippen MR) is 125 cm³/mol. The van der Waals surface area contributed by atoms with Gasteiger partial charge in [-0.3, -0.25) is 9.59 Å². The molecule has 8 heteroatoms. The Morgan fingerprint density at radius 3 is 2.17 bits per heavy atom.